The van der Waals surface area contributed by atoms with E-state index in [9.17, 15) is 9.59 Å². The van der Waals surface area contributed by atoms with Gasteiger partial charge in [-0.25, -0.2) is 9.59 Å². The number of carbonyl (C=O) groups is 2. The van der Waals surface area contributed by atoms with Crippen LogP contribution in [0.25, 0.3) is 0 Å². The highest BCUT2D eigenvalue weighted by atomic mass is 35.5. The Morgan fingerprint density at radius 1 is 1.40 bits per heavy atom. The summed E-state index contributed by atoms with van der Waals surface area (Å²) in [5, 5.41) is -0.0116. The number of hydrogen-bond donors (Lipinski definition) is 0. The average molecular weight is 317 g/mol. The van der Waals surface area contributed by atoms with Crippen molar-refractivity contribution >= 4 is 35.1 Å². The molecule has 106 valence electrons. The number of alkyl halides is 1. The third-order valence-electron chi connectivity index (χ3n) is 3.16. The Balaban J connectivity index is 1.74. The van der Waals surface area contributed by atoms with Crippen LogP contribution in [0.3, 0.4) is 0 Å². The van der Waals surface area contributed by atoms with E-state index in [2.05, 4.69) is 0 Å². The zero-order chi connectivity index (χ0) is 14.3. The van der Waals surface area contributed by atoms with Gasteiger partial charge in [0.1, 0.15) is 6.10 Å². The van der Waals surface area contributed by atoms with Crippen LogP contribution in [-0.2, 0) is 19.0 Å². The fourth-order valence-corrected chi connectivity index (χ4v) is 2.68. The highest BCUT2D eigenvalue weighted by molar-refractivity contribution is 6.30. The summed E-state index contributed by atoms with van der Waals surface area (Å²) in [6.45, 7) is 0. The zero-order valence-corrected chi connectivity index (χ0v) is 11.6. The van der Waals surface area contributed by atoms with Crippen LogP contribution in [0.15, 0.2) is 24.3 Å². The third-order valence-corrected chi connectivity index (χ3v) is 3.78. The highest BCUT2D eigenvalue weighted by Gasteiger charge is 2.50. The van der Waals surface area contributed by atoms with Crippen molar-refractivity contribution in [3.8, 4) is 0 Å². The predicted molar refractivity (Wildman–Crippen MR) is 69.7 cm³/mol. The largest absolute Gasteiger partial charge is 0.444 e. The second-order valence-electron chi connectivity index (χ2n) is 4.57. The number of hydrogen-bond acceptors (Lipinski definition) is 5. The maximum absolute atomic E-state index is 12.0. The van der Waals surface area contributed by atoms with E-state index < -0.39 is 35.8 Å². The van der Waals surface area contributed by atoms with Crippen molar-refractivity contribution in [2.45, 2.75) is 30.3 Å². The molecule has 0 radical (unpaired) electrons. The van der Waals surface area contributed by atoms with E-state index >= 15 is 0 Å². The monoisotopic (exact) mass is 316 g/mol. The van der Waals surface area contributed by atoms with E-state index in [4.69, 9.17) is 37.4 Å². The molecule has 2 fully saturated rings. The van der Waals surface area contributed by atoms with Crippen LogP contribution in [0.1, 0.15) is 16.8 Å². The van der Waals surface area contributed by atoms with Crippen molar-refractivity contribution in [3.63, 3.8) is 0 Å². The molecule has 2 saturated heterocycles. The molecule has 2 heterocycles. The second kappa shape index (κ2) is 5.24. The molecule has 0 spiro atoms. The van der Waals surface area contributed by atoms with E-state index in [0.717, 1.165) is 0 Å². The first kappa shape index (κ1) is 13.7. The van der Waals surface area contributed by atoms with Crippen LogP contribution in [0.2, 0.25) is 5.02 Å². The minimum Gasteiger partial charge on any atom is -0.444 e. The molecule has 0 unspecified atom stereocenters. The smallest absolute Gasteiger partial charge is 0.352 e. The van der Waals surface area contributed by atoms with Crippen molar-refractivity contribution < 1.29 is 23.8 Å². The van der Waals surface area contributed by atoms with E-state index in [1.165, 1.54) is 6.07 Å². The van der Waals surface area contributed by atoms with Crippen molar-refractivity contribution in [2.75, 3.05) is 0 Å². The lowest BCUT2D eigenvalue weighted by molar-refractivity contribution is -0.218. The number of esters is 2. The molecule has 0 N–H and O–H groups in total. The first-order valence-electron chi connectivity index (χ1n) is 6.01. The molecule has 2 aliphatic rings. The summed E-state index contributed by atoms with van der Waals surface area (Å²) in [6.07, 6.45) is -2.02. The second-order valence-corrected chi connectivity index (χ2v) is 5.56. The molecular formula is C13H10Cl2O5. The number of halogens is 2. The van der Waals surface area contributed by atoms with Gasteiger partial charge in [0.15, 0.2) is 0 Å². The molecule has 7 heteroatoms. The summed E-state index contributed by atoms with van der Waals surface area (Å²) in [4.78, 5) is 23.8. The SMILES string of the molecule is O=C(O[C@@H]1C(=O)O[C@@H]2O[C@H]1C[C@@H]2Cl)c1cccc(Cl)c1. The summed E-state index contributed by atoms with van der Waals surface area (Å²) >= 11 is 11.8. The molecule has 5 nitrogen and oxygen atoms in total. The minimum atomic E-state index is -1.10. The maximum atomic E-state index is 12.0. The van der Waals surface area contributed by atoms with Crippen LogP contribution in [-0.4, -0.2) is 35.8 Å². The summed E-state index contributed by atoms with van der Waals surface area (Å²) in [5.74, 6) is -1.29. The number of carbonyl (C=O) groups excluding carboxylic acids is 2. The Kier molecular flexibility index (Phi) is 3.58. The van der Waals surface area contributed by atoms with Crippen LogP contribution >= 0.6 is 23.2 Å². The topological polar surface area (TPSA) is 61.8 Å². The quantitative estimate of drug-likeness (QED) is 0.618. The number of benzene rings is 1. The van der Waals surface area contributed by atoms with Gasteiger partial charge in [-0.2, -0.15) is 0 Å². The van der Waals surface area contributed by atoms with Gasteiger partial charge >= 0.3 is 11.9 Å². The molecule has 0 aromatic heterocycles. The maximum Gasteiger partial charge on any atom is 0.352 e. The Labute approximate surface area is 124 Å². The Morgan fingerprint density at radius 2 is 2.20 bits per heavy atom. The molecule has 3 rings (SSSR count). The Bertz CT molecular complexity index is 559. The molecule has 1 aromatic rings. The number of ether oxygens (including phenoxy) is 3. The van der Waals surface area contributed by atoms with Gasteiger partial charge in [-0.05, 0) is 18.2 Å². The van der Waals surface area contributed by atoms with Crippen molar-refractivity contribution in [1.82, 2.24) is 0 Å². The lowest BCUT2D eigenvalue weighted by atomic mass is 10.1. The van der Waals surface area contributed by atoms with Gasteiger partial charge in [-0.3, -0.25) is 0 Å². The van der Waals surface area contributed by atoms with Crippen molar-refractivity contribution in [1.29, 1.82) is 0 Å². The van der Waals surface area contributed by atoms with Gasteiger partial charge in [-0.1, -0.05) is 17.7 Å². The highest BCUT2D eigenvalue weighted by Crippen LogP contribution is 2.34. The van der Waals surface area contributed by atoms with Gasteiger partial charge in [-0.15, -0.1) is 11.6 Å². The molecular weight excluding hydrogens is 307 g/mol. The fraction of sp³-hybridized carbons (Fsp3) is 0.385. The van der Waals surface area contributed by atoms with Gasteiger partial charge in [0.25, 0.3) is 0 Å². The summed E-state index contributed by atoms with van der Waals surface area (Å²) in [6, 6.07) is 6.26. The van der Waals surface area contributed by atoms with Crippen LogP contribution < -0.4 is 0 Å². The molecule has 0 saturated carbocycles. The van der Waals surface area contributed by atoms with E-state index in [0.29, 0.717) is 11.4 Å². The van der Waals surface area contributed by atoms with Crippen LogP contribution in [0.4, 0.5) is 0 Å². The van der Waals surface area contributed by atoms with E-state index in [-0.39, 0.29) is 5.56 Å². The summed E-state index contributed by atoms with van der Waals surface area (Å²) in [5.41, 5.74) is 0.257. The standard InChI is InChI=1S/C13H10Cl2O5/c14-7-3-1-2-6(4-7)11(16)19-10-9-5-8(15)13(18-9)20-12(10)17/h1-4,8-10,13H,5H2/t8-,9-,10-,13-/m0/s1. The lowest BCUT2D eigenvalue weighted by Crippen LogP contribution is -2.45. The molecule has 2 bridgehead atoms. The average Bonchev–Trinajstić information content (AvgIpc) is 2.71. The molecule has 1 aromatic carbocycles. The third kappa shape index (κ3) is 2.49. The van der Waals surface area contributed by atoms with Gasteiger partial charge < -0.3 is 14.2 Å². The molecule has 20 heavy (non-hydrogen) atoms. The number of fused-ring (bicyclic) bond motifs is 2. The van der Waals surface area contributed by atoms with Crippen molar-refractivity contribution in [3.05, 3.63) is 34.9 Å². The normalized spacial score (nSPS) is 31.8. The minimum absolute atomic E-state index is 0.257. The fourth-order valence-electron chi connectivity index (χ4n) is 2.20. The molecule has 2 aliphatic heterocycles. The van der Waals surface area contributed by atoms with Crippen LogP contribution in [0.5, 0.6) is 0 Å². The Hall–Kier alpha value is -1.30. The van der Waals surface area contributed by atoms with E-state index in [1.807, 2.05) is 0 Å². The number of rotatable bonds is 2. The predicted octanol–water partition coefficient (Wildman–Crippen LogP) is 2.14. The summed E-state index contributed by atoms with van der Waals surface area (Å²) in [7, 11) is 0. The van der Waals surface area contributed by atoms with Crippen molar-refractivity contribution in [2.24, 2.45) is 0 Å². The molecule has 4 atom stereocenters. The molecule has 0 aliphatic carbocycles. The Morgan fingerprint density at radius 3 is 2.95 bits per heavy atom. The summed E-state index contributed by atoms with van der Waals surface area (Å²) < 4.78 is 15.5. The zero-order valence-electron chi connectivity index (χ0n) is 10.1. The first-order valence-corrected chi connectivity index (χ1v) is 6.82. The lowest BCUT2D eigenvalue weighted by Gasteiger charge is -2.27. The first-order chi connectivity index (χ1) is 9.54. The van der Waals surface area contributed by atoms with Gasteiger partial charge in [0.05, 0.1) is 10.9 Å². The van der Waals surface area contributed by atoms with Crippen LogP contribution in [0, 0.1) is 0 Å². The van der Waals surface area contributed by atoms with Gasteiger partial charge in [0, 0.05) is 11.4 Å². The molecule has 0 amide bonds. The van der Waals surface area contributed by atoms with Gasteiger partial charge in [0.2, 0.25) is 12.4 Å². The van der Waals surface area contributed by atoms with E-state index in [1.54, 1.807) is 18.2 Å².